The third kappa shape index (κ3) is 13.7. The lowest BCUT2D eigenvalue weighted by Gasteiger charge is -2.24. The van der Waals surface area contributed by atoms with Gasteiger partial charge in [0.1, 0.15) is 0 Å². The van der Waals surface area contributed by atoms with E-state index in [1.807, 2.05) is 13.8 Å². The van der Waals surface area contributed by atoms with Crippen LogP contribution in [0.3, 0.4) is 0 Å². The molecule has 0 saturated carbocycles. The summed E-state index contributed by atoms with van der Waals surface area (Å²) in [6.07, 6.45) is 2.87. The molecule has 1 N–H and O–H groups in total. The molecule has 2 aromatic heterocycles. The molecule has 0 aliphatic heterocycles. The second kappa shape index (κ2) is 20.3. The average molecular weight is 847 g/mol. The average Bonchev–Trinajstić information content (AvgIpc) is 3.13. The number of esters is 2. The van der Waals surface area contributed by atoms with E-state index in [0.29, 0.717) is 43.6 Å². The fourth-order valence-corrected chi connectivity index (χ4v) is 6.17. The molecule has 12 nitrogen and oxygen atoms in total. The van der Waals surface area contributed by atoms with Gasteiger partial charge in [-0.1, -0.05) is 39.1 Å². The lowest BCUT2D eigenvalue weighted by molar-refractivity contribution is 0.0591. The maximum absolute atomic E-state index is 12.5. The van der Waals surface area contributed by atoms with Crippen molar-refractivity contribution in [1.82, 2.24) is 9.97 Å². The molecule has 0 radical (unpaired) electrons. The number of carbonyl (C=O) groups excluding carboxylic acids is 2. The number of ether oxygens (including phenoxy) is 2. The fraction of sp³-hybridized carbons (Fsp3) is 0.294. The molecule has 0 spiro atoms. The van der Waals surface area contributed by atoms with Crippen molar-refractivity contribution < 1.29 is 35.9 Å². The highest BCUT2D eigenvalue weighted by Crippen LogP contribution is 2.26. The van der Waals surface area contributed by atoms with Crippen molar-refractivity contribution in [3.8, 4) is 0 Å². The van der Waals surface area contributed by atoms with Gasteiger partial charge in [0.15, 0.2) is 0 Å². The number of halogens is 3. The number of pyridine rings is 2. The molecule has 2 aromatic carbocycles. The Morgan fingerprint density at radius 1 is 0.765 bits per heavy atom. The zero-order valence-electron chi connectivity index (χ0n) is 28.8. The monoisotopic (exact) mass is 844 g/mol. The molecule has 51 heavy (non-hydrogen) atoms. The van der Waals surface area contributed by atoms with Crippen LogP contribution in [0.5, 0.6) is 0 Å². The van der Waals surface area contributed by atoms with E-state index in [9.17, 15) is 26.4 Å². The van der Waals surface area contributed by atoms with Crippen LogP contribution in [0.4, 0.5) is 11.4 Å². The highest BCUT2D eigenvalue weighted by atomic mass is 79.9. The topological polar surface area (TPSA) is 162 Å². The number of carbonyl (C=O) groups is 2. The third-order valence-electron chi connectivity index (χ3n) is 6.88. The molecule has 17 heteroatoms. The van der Waals surface area contributed by atoms with Gasteiger partial charge in [-0.25, -0.2) is 26.4 Å². The predicted molar refractivity (Wildman–Crippen MR) is 205 cm³/mol. The van der Waals surface area contributed by atoms with Crippen molar-refractivity contribution in [3.63, 3.8) is 0 Å². The molecule has 0 amide bonds. The van der Waals surface area contributed by atoms with Gasteiger partial charge in [0.05, 0.1) is 60.5 Å². The number of aryl methyl sites for hydroxylation is 2. The molecule has 0 atom stereocenters. The molecule has 4 rings (SSSR count). The summed E-state index contributed by atoms with van der Waals surface area (Å²) in [6.45, 7) is 6.86. The van der Waals surface area contributed by atoms with Crippen molar-refractivity contribution in [2.75, 3.05) is 34.8 Å². The zero-order valence-corrected chi connectivity index (χ0v) is 33.5. The number of rotatable bonds is 11. The maximum atomic E-state index is 12.5. The van der Waals surface area contributed by atoms with Crippen LogP contribution in [0.2, 0.25) is 10.0 Å². The lowest BCUT2D eigenvalue weighted by Crippen LogP contribution is -2.32. The Hall–Kier alpha value is -3.76. The zero-order chi connectivity index (χ0) is 38.4. The van der Waals surface area contributed by atoms with E-state index in [1.54, 1.807) is 74.5 Å². The Morgan fingerprint density at radius 2 is 1.27 bits per heavy atom. The number of benzene rings is 2. The number of alkyl halides is 1. The number of hydrogen-bond donors (Lipinski definition) is 1. The van der Waals surface area contributed by atoms with E-state index in [-0.39, 0.29) is 24.0 Å². The van der Waals surface area contributed by atoms with Gasteiger partial charge in [-0.2, -0.15) is 0 Å². The Bertz CT molecular complexity index is 2000. The second-order valence-corrected chi connectivity index (χ2v) is 16.1. The molecular weight excluding hydrogens is 807 g/mol. The molecule has 0 unspecified atom stereocenters. The fourth-order valence-electron chi connectivity index (χ4n) is 3.90. The Labute approximate surface area is 317 Å². The Balaban J connectivity index is 0.000000292. The van der Waals surface area contributed by atoms with Crippen LogP contribution < -0.4 is 9.03 Å². The smallest absolute Gasteiger partial charge is 0.339 e. The highest BCUT2D eigenvalue weighted by molar-refractivity contribution is 9.08. The number of aromatic nitrogens is 2. The standard InChI is InChI=1S/C17H19ClN2O4S.C9H12ClNO2S.C8H8BrNO2/c1-4-25(22,23)20(15-7-8-16(18)12(2)9-15)11-14-6-5-13(10-19-14)17(21)24-3;1-3-14(12,13)11-8-4-5-9(10)7(2)6-8;1-12-8(11)6-2-3-7(4-9)10-5-6/h5-10H,4,11H2,1-3H3;4-6,11H,3H2,1-2H3;2-3,5H,4H2,1H3. The van der Waals surface area contributed by atoms with Crippen molar-refractivity contribution in [2.24, 2.45) is 0 Å². The summed E-state index contributed by atoms with van der Waals surface area (Å²) in [6, 6.07) is 16.7. The first-order valence-corrected chi connectivity index (χ1v) is 20.3. The SMILES string of the molecule is CCS(=O)(=O)N(Cc1ccc(C(=O)OC)cn1)c1ccc(Cl)c(C)c1.CCS(=O)(=O)Nc1ccc(Cl)c(C)c1.COC(=O)c1ccc(CBr)nc1. The van der Waals surface area contributed by atoms with Gasteiger partial charge in [-0.05, 0) is 99.5 Å². The van der Waals surface area contributed by atoms with E-state index in [2.05, 4.69) is 40.1 Å². The van der Waals surface area contributed by atoms with Crippen LogP contribution in [0.15, 0.2) is 73.1 Å². The van der Waals surface area contributed by atoms with Crippen molar-refractivity contribution >= 4 is 82.5 Å². The molecule has 4 aromatic rings. The van der Waals surface area contributed by atoms with E-state index in [1.165, 1.54) is 30.9 Å². The first kappa shape index (κ1) is 43.4. The van der Waals surface area contributed by atoms with Gasteiger partial charge in [0, 0.05) is 33.5 Å². The van der Waals surface area contributed by atoms with Crippen LogP contribution in [0.25, 0.3) is 0 Å². The number of nitrogens with one attached hydrogen (secondary N) is 1. The number of sulfonamides is 2. The van der Waals surface area contributed by atoms with Crippen LogP contribution in [-0.2, 0) is 41.4 Å². The van der Waals surface area contributed by atoms with Gasteiger partial charge in [-0.15, -0.1) is 0 Å². The normalized spacial score (nSPS) is 10.8. The summed E-state index contributed by atoms with van der Waals surface area (Å²) in [5, 5.41) is 1.89. The minimum Gasteiger partial charge on any atom is -0.465 e. The quantitative estimate of drug-likeness (QED) is 0.119. The van der Waals surface area contributed by atoms with E-state index in [4.69, 9.17) is 23.2 Å². The summed E-state index contributed by atoms with van der Waals surface area (Å²) in [5.41, 5.74) is 4.88. The Morgan fingerprint density at radius 3 is 1.69 bits per heavy atom. The number of anilines is 2. The van der Waals surface area contributed by atoms with E-state index < -0.39 is 26.0 Å². The first-order chi connectivity index (χ1) is 24.0. The highest BCUT2D eigenvalue weighted by Gasteiger charge is 2.22. The maximum Gasteiger partial charge on any atom is 0.339 e. The van der Waals surface area contributed by atoms with Crippen LogP contribution >= 0.6 is 39.1 Å². The minimum absolute atomic E-state index is 0.0467. The van der Waals surface area contributed by atoms with Crippen molar-refractivity contribution in [3.05, 3.63) is 117 Å². The molecule has 276 valence electrons. The van der Waals surface area contributed by atoms with Crippen LogP contribution in [0.1, 0.15) is 57.1 Å². The molecule has 0 fully saturated rings. The number of nitrogens with zero attached hydrogens (tertiary/aromatic N) is 3. The van der Waals surface area contributed by atoms with Crippen molar-refractivity contribution in [1.29, 1.82) is 0 Å². The molecule has 2 heterocycles. The largest absolute Gasteiger partial charge is 0.465 e. The Kier molecular flexibility index (Phi) is 17.3. The number of methoxy groups -OCH3 is 2. The van der Waals surface area contributed by atoms with Crippen LogP contribution in [0, 0.1) is 13.8 Å². The number of hydrogen-bond acceptors (Lipinski definition) is 10. The summed E-state index contributed by atoms with van der Waals surface area (Å²) in [4.78, 5) is 30.6. The molecule has 0 aliphatic carbocycles. The van der Waals surface area contributed by atoms with Gasteiger partial charge >= 0.3 is 11.9 Å². The summed E-state index contributed by atoms with van der Waals surface area (Å²) >= 11 is 15.1. The molecule has 0 saturated heterocycles. The summed E-state index contributed by atoms with van der Waals surface area (Å²) < 4.78 is 60.3. The summed E-state index contributed by atoms with van der Waals surface area (Å²) in [7, 11) is -4.07. The molecule has 0 bridgehead atoms. The lowest BCUT2D eigenvalue weighted by atomic mass is 10.2. The van der Waals surface area contributed by atoms with Crippen molar-refractivity contribution in [2.45, 2.75) is 39.6 Å². The minimum atomic E-state index is -3.51. The van der Waals surface area contributed by atoms with E-state index in [0.717, 1.165) is 16.8 Å². The predicted octanol–water partition coefficient (Wildman–Crippen LogP) is 7.36. The third-order valence-corrected chi connectivity index (χ3v) is 11.3. The summed E-state index contributed by atoms with van der Waals surface area (Å²) in [5.74, 6) is -0.835. The second-order valence-electron chi connectivity index (χ2n) is 10.5. The van der Waals surface area contributed by atoms with Gasteiger partial charge < -0.3 is 9.47 Å². The molecule has 0 aliphatic rings. The van der Waals surface area contributed by atoms with Gasteiger partial charge in [0.25, 0.3) is 0 Å². The van der Waals surface area contributed by atoms with Crippen LogP contribution in [-0.4, -0.2) is 64.5 Å². The molecular formula is C34H39BrCl2N4O8S2. The van der Waals surface area contributed by atoms with Gasteiger partial charge in [0.2, 0.25) is 20.0 Å². The first-order valence-electron chi connectivity index (χ1n) is 15.2. The van der Waals surface area contributed by atoms with E-state index >= 15 is 0 Å². The van der Waals surface area contributed by atoms with Gasteiger partial charge in [-0.3, -0.25) is 19.0 Å².